The fraction of sp³-hybridized carbons (Fsp3) is 0.143. The minimum Gasteiger partial charge on any atom is -0.472 e. The number of nitrogens with one attached hydrogen (secondary N) is 2. The van der Waals surface area contributed by atoms with Gasteiger partial charge in [0, 0.05) is 34.5 Å². The molecule has 0 aliphatic heterocycles. The number of hydrogen-bond donors (Lipinski definition) is 2. The smallest absolute Gasteiger partial charge is 0.192 e. The summed E-state index contributed by atoms with van der Waals surface area (Å²) >= 11 is 8.95. The molecule has 0 aliphatic carbocycles. The molecule has 3 aromatic heterocycles. The molecule has 5 nitrogen and oxygen atoms in total. The molecule has 0 spiro atoms. The quantitative estimate of drug-likeness (QED) is 0.285. The lowest BCUT2D eigenvalue weighted by atomic mass is 10.1. The van der Waals surface area contributed by atoms with Crippen LogP contribution in [0.2, 0.25) is 5.02 Å². The van der Waals surface area contributed by atoms with E-state index in [0.29, 0.717) is 26.4 Å². The Morgan fingerprint density at radius 3 is 2.70 bits per heavy atom. The Hall–Kier alpha value is -2.55. The van der Waals surface area contributed by atoms with Crippen LogP contribution in [0.5, 0.6) is 0 Å². The van der Waals surface area contributed by atoms with Crippen LogP contribution in [0.1, 0.15) is 19.5 Å². The minimum atomic E-state index is -0.397. The van der Waals surface area contributed by atoms with Gasteiger partial charge < -0.3 is 14.5 Å². The van der Waals surface area contributed by atoms with Gasteiger partial charge in [-0.25, -0.2) is 9.37 Å². The van der Waals surface area contributed by atoms with Crippen LogP contribution in [0.25, 0.3) is 11.1 Å². The number of halogens is 2. The van der Waals surface area contributed by atoms with Gasteiger partial charge in [-0.3, -0.25) is 4.98 Å². The summed E-state index contributed by atoms with van der Waals surface area (Å²) in [6.45, 7) is 5.90. The lowest BCUT2D eigenvalue weighted by Gasteiger charge is -2.14. The van der Waals surface area contributed by atoms with Gasteiger partial charge in [-0.1, -0.05) is 25.4 Å². The standard InChI is InChI=1S/C19H14ClFN4OS2.C2H6/c1-11-6-13(12-2-4-26-10-12)17(9-23-11)24-16-8-15(21)18(7-14(16)20)28-25-19-22-3-5-27-19;1-2/h2-10,24H,1H3,(H,22,25);1-2H3. The largest absolute Gasteiger partial charge is 0.472 e. The molecule has 0 amide bonds. The molecule has 156 valence electrons. The van der Waals surface area contributed by atoms with E-state index < -0.39 is 5.82 Å². The molecule has 0 saturated heterocycles. The Balaban J connectivity index is 0.00000124. The molecule has 9 heteroatoms. The van der Waals surface area contributed by atoms with Crippen molar-refractivity contribution in [1.82, 2.24) is 9.97 Å². The highest BCUT2D eigenvalue weighted by Crippen LogP contribution is 2.36. The van der Waals surface area contributed by atoms with E-state index in [4.69, 9.17) is 16.0 Å². The van der Waals surface area contributed by atoms with Gasteiger partial charge in [-0.2, -0.15) is 0 Å². The van der Waals surface area contributed by atoms with Crippen molar-refractivity contribution in [3.05, 3.63) is 71.1 Å². The highest BCUT2D eigenvalue weighted by molar-refractivity contribution is 8.00. The number of anilines is 3. The zero-order valence-corrected chi connectivity index (χ0v) is 19.0. The first-order valence-corrected chi connectivity index (χ1v) is 11.2. The lowest BCUT2D eigenvalue weighted by Crippen LogP contribution is -1.98. The molecule has 1 aromatic carbocycles. The van der Waals surface area contributed by atoms with Gasteiger partial charge >= 0.3 is 0 Å². The molecule has 0 unspecified atom stereocenters. The maximum atomic E-state index is 14.6. The van der Waals surface area contributed by atoms with Crippen LogP contribution in [-0.2, 0) is 0 Å². The summed E-state index contributed by atoms with van der Waals surface area (Å²) in [6.07, 6.45) is 6.62. The van der Waals surface area contributed by atoms with E-state index >= 15 is 0 Å². The molecule has 0 radical (unpaired) electrons. The molecular weight excluding hydrogens is 443 g/mol. The van der Waals surface area contributed by atoms with Crippen molar-refractivity contribution >= 4 is 51.4 Å². The van der Waals surface area contributed by atoms with E-state index in [1.54, 1.807) is 31.0 Å². The van der Waals surface area contributed by atoms with E-state index in [1.165, 1.54) is 17.4 Å². The predicted octanol–water partition coefficient (Wildman–Crippen LogP) is 7.79. The van der Waals surface area contributed by atoms with E-state index in [9.17, 15) is 4.39 Å². The second kappa shape index (κ2) is 10.5. The minimum absolute atomic E-state index is 0.378. The molecule has 4 aromatic rings. The third-order valence-electron chi connectivity index (χ3n) is 3.84. The maximum Gasteiger partial charge on any atom is 0.192 e. The first-order valence-electron chi connectivity index (χ1n) is 9.18. The van der Waals surface area contributed by atoms with Gasteiger partial charge in [0.15, 0.2) is 5.13 Å². The van der Waals surface area contributed by atoms with E-state index in [0.717, 1.165) is 28.8 Å². The van der Waals surface area contributed by atoms with Crippen molar-refractivity contribution in [2.45, 2.75) is 25.7 Å². The summed E-state index contributed by atoms with van der Waals surface area (Å²) < 4.78 is 22.8. The molecule has 2 N–H and O–H groups in total. The predicted molar refractivity (Wildman–Crippen MR) is 124 cm³/mol. The number of furan rings is 1. The topological polar surface area (TPSA) is 63.0 Å². The van der Waals surface area contributed by atoms with E-state index in [2.05, 4.69) is 20.0 Å². The fourth-order valence-electron chi connectivity index (χ4n) is 2.54. The van der Waals surface area contributed by atoms with Crippen LogP contribution in [0.15, 0.2) is 63.9 Å². The highest BCUT2D eigenvalue weighted by atomic mass is 35.5. The Bertz CT molecular complexity index is 1090. The summed E-state index contributed by atoms with van der Waals surface area (Å²) in [6, 6.07) is 6.72. The number of thiazole rings is 1. The third kappa shape index (κ3) is 5.33. The van der Waals surface area contributed by atoms with E-state index in [1.807, 2.05) is 38.3 Å². The highest BCUT2D eigenvalue weighted by Gasteiger charge is 2.13. The lowest BCUT2D eigenvalue weighted by molar-refractivity contribution is 0.568. The summed E-state index contributed by atoms with van der Waals surface area (Å²) in [5, 5.41) is 6.10. The number of nitrogens with zero attached hydrogens (tertiary/aromatic N) is 2. The van der Waals surface area contributed by atoms with Crippen LogP contribution in [0, 0.1) is 12.7 Å². The van der Waals surface area contributed by atoms with Crippen molar-refractivity contribution in [1.29, 1.82) is 0 Å². The molecule has 3 heterocycles. The average Bonchev–Trinajstić information content (AvgIpc) is 3.46. The Kier molecular flexibility index (Phi) is 7.73. The van der Waals surface area contributed by atoms with Crippen molar-refractivity contribution in [3.63, 3.8) is 0 Å². The van der Waals surface area contributed by atoms with Crippen LogP contribution < -0.4 is 10.0 Å². The van der Waals surface area contributed by atoms with Crippen LogP contribution >= 0.6 is 34.9 Å². The number of pyridine rings is 1. The Morgan fingerprint density at radius 2 is 2.00 bits per heavy atom. The molecule has 30 heavy (non-hydrogen) atoms. The second-order valence-electron chi connectivity index (χ2n) is 5.81. The first kappa shape index (κ1) is 22.1. The Morgan fingerprint density at radius 1 is 1.17 bits per heavy atom. The number of benzene rings is 1. The van der Waals surface area contributed by atoms with Crippen molar-refractivity contribution in [2.75, 3.05) is 10.0 Å². The van der Waals surface area contributed by atoms with E-state index in [-0.39, 0.29) is 0 Å². The number of aryl methyl sites for hydroxylation is 1. The number of rotatable bonds is 6. The van der Waals surface area contributed by atoms with Gasteiger partial charge in [-0.05, 0) is 37.1 Å². The van der Waals surface area contributed by atoms with Gasteiger partial charge in [0.1, 0.15) is 5.82 Å². The zero-order valence-electron chi connectivity index (χ0n) is 16.6. The monoisotopic (exact) mass is 462 g/mol. The fourth-order valence-corrected chi connectivity index (χ4v) is 4.08. The molecule has 0 atom stereocenters. The van der Waals surface area contributed by atoms with Gasteiger partial charge in [-0.15, -0.1) is 11.3 Å². The van der Waals surface area contributed by atoms with Crippen molar-refractivity contribution in [2.24, 2.45) is 0 Å². The summed E-state index contributed by atoms with van der Waals surface area (Å²) in [4.78, 5) is 8.80. The molecule has 4 rings (SSSR count). The normalized spacial score (nSPS) is 10.3. The maximum absolute atomic E-state index is 14.6. The van der Waals surface area contributed by atoms with Crippen molar-refractivity contribution < 1.29 is 8.81 Å². The number of aromatic nitrogens is 2. The molecule has 0 aliphatic rings. The summed E-state index contributed by atoms with van der Waals surface area (Å²) in [7, 11) is 0. The van der Waals surface area contributed by atoms with Gasteiger partial charge in [0.25, 0.3) is 0 Å². The third-order valence-corrected chi connectivity index (χ3v) is 5.80. The average molecular weight is 463 g/mol. The molecule has 0 saturated carbocycles. The summed E-state index contributed by atoms with van der Waals surface area (Å²) in [5.41, 5.74) is 3.80. The molecular formula is C21H20ClFN4OS2. The van der Waals surface area contributed by atoms with Crippen LogP contribution in [0.4, 0.5) is 20.9 Å². The Labute approximate surface area is 187 Å². The molecule has 0 fully saturated rings. The summed E-state index contributed by atoms with van der Waals surface area (Å²) in [5.74, 6) is -0.397. The molecule has 0 bridgehead atoms. The SMILES string of the molecule is CC.Cc1cc(-c2ccoc2)c(Nc2cc(F)c(SNc3nccs3)cc2Cl)cn1. The van der Waals surface area contributed by atoms with Crippen molar-refractivity contribution in [3.8, 4) is 11.1 Å². The van der Waals surface area contributed by atoms with Gasteiger partial charge in [0.05, 0.1) is 40.0 Å². The van der Waals surface area contributed by atoms with Gasteiger partial charge in [0.2, 0.25) is 0 Å². The second-order valence-corrected chi connectivity index (χ2v) is 7.96. The first-order chi connectivity index (χ1) is 14.6. The van der Waals surface area contributed by atoms with Crippen LogP contribution in [-0.4, -0.2) is 9.97 Å². The number of hydrogen-bond acceptors (Lipinski definition) is 7. The zero-order chi connectivity index (χ0) is 21.5. The van der Waals surface area contributed by atoms with Crippen LogP contribution in [0.3, 0.4) is 0 Å².